The van der Waals surface area contributed by atoms with Crippen molar-refractivity contribution >= 4 is 21.8 Å². The van der Waals surface area contributed by atoms with E-state index < -0.39 is 0 Å². The van der Waals surface area contributed by atoms with Gasteiger partial charge >= 0.3 is 0 Å². The second-order valence-corrected chi connectivity index (χ2v) is 6.11. The van der Waals surface area contributed by atoms with Crippen molar-refractivity contribution in [3.63, 3.8) is 0 Å². The van der Waals surface area contributed by atoms with E-state index in [0.717, 1.165) is 11.1 Å². The van der Waals surface area contributed by atoms with Crippen LogP contribution in [0.25, 0.3) is 38.6 Å². The molecule has 0 spiro atoms. The summed E-state index contributed by atoms with van der Waals surface area (Å²) < 4.78 is 2.31. The van der Waals surface area contributed by atoms with Crippen molar-refractivity contribution in [1.29, 1.82) is 0 Å². The molecule has 0 atom stereocenters. The van der Waals surface area contributed by atoms with Crippen molar-refractivity contribution < 1.29 is 20.1 Å². The minimum atomic E-state index is 0. The first-order valence-corrected chi connectivity index (χ1v) is 8.39. The molecule has 0 aliphatic rings. The molecule has 127 valence electrons. The molecule has 1 heterocycles. The molecule has 1 aromatic heterocycles. The van der Waals surface area contributed by atoms with Crippen LogP contribution in [0.3, 0.4) is 0 Å². The molecule has 0 saturated carbocycles. The van der Waals surface area contributed by atoms with Crippen molar-refractivity contribution in [2.75, 3.05) is 0 Å². The Morgan fingerprint density at radius 3 is 2.19 bits per heavy atom. The molecule has 1 nitrogen and oxygen atoms in total. The van der Waals surface area contributed by atoms with Gasteiger partial charge in [-0.15, -0.1) is 12.1 Å². The molecule has 0 bridgehead atoms. The number of hydrogen-bond donors (Lipinski definition) is 0. The van der Waals surface area contributed by atoms with Crippen LogP contribution in [0.15, 0.2) is 91.0 Å². The van der Waals surface area contributed by atoms with Crippen LogP contribution in [0.2, 0.25) is 0 Å². The van der Waals surface area contributed by atoms with Gasteiger partial charge in [-0.3, -0.25) is 0 Å². The molecular weight excluding hydrogens is 494 g/mol. The normalized spacial score (nSPS) is 10.8. The van der Waals surface area contributed by atoms with E-state index in [-0.39, 0.29) is 20.1 Å². The Morgan fingerprint density at radius 1 is 0.615 bits per heavy atom. The minimum Gasteiger partial charge on any atom is -0.351 e. The predicted octanol–water partition coefficient (Wildman–Crippen LogP) is 6.05. The van der Waals surface area contributed by atoms with Crippen LogP contribution < -0.4 is 0 Å². The van der Waals surface area contributed by atoms with Crippen LogP contribution in [0.4, 0.5) is 0 Å². The minimum absolute atomic E-state index is 0. The first kappa shape index (κ1) is 16.8. The smallest absolute Gasteiger partial charge is 0.0435 e. The van der Waals surface area contributed by atoms with E-state index in [1.807, 2.05) is 24.3 Å². The molecule has 0 amide bonds. The predicted molar refractivity (Wildman–Crippen MR) is 104 cm³/mol. The maximum atomic E-state index is 3.45. The molecule has 4 aromatic carbocycles. The average molecular weight is 510 g/mol. The Labute approximate surface area is 166 Å². The molecule has 0 saturated heterocycles. The first-order valence-electron chi connectivity index (χ1n) is 8.39. The average Bonchev–Trinajstić information content (AvgIpc) is 3.03. The van der Waals surface area contributed by atoms with Crippen LogP contribution in [0.5, 0.6) is 0 Å². The largest absolute Gasteiger partial charge is 0.351 e. The summed E-state index contributed by atoms with van der Waals surface area (Å²) >= 11 is 0. The first-order chi connectivity index (χ1) is 12.4. The van der Waals surface area contributed by atoms with Crippen LogP contribution in [0, 0.1) is 12.1 Å². The Hall–Kier alpha value is -2.67. The summed E-state index contributed by atoms with van der Waals surface area (Å²) in [7, 11) is 0. The van der Waals surface area contributed by atoms with E-state index in [1.165, 1.54) is 27.5 Å². The molecule has 5 rings (SSSR count). The summed E-state index contributed by atoms with van der Waals surface area (Å²) in [4.78, 5) is 0. The number of rotatable bonds is 2. The van der Waals surface area contributed by atoms with E-state index in [1.54, 1.807) is 0 Å². The van der Waals surface area contributed by atoms with Crippen molar-refractivity contribution in [3.8, 4) is 16.8 Å². The van der Waals surface area contributed by atoms with Crippen molar-refractivity contribution in [2.24, 2.45) is 0 Å². The fraction of sp³-hybridized carbons (Fsp3) is 0. The summed E-state index contributed by atoms with van der Waals surface area (Å²) in [6.45, 7) is 0. The zero-order chi connectivity index (χ0) is 16.6. The Balaban J connectivity index is 0.00000168. The third kappa shape index (κ3) is 2.68. The van der Waals surface area contributed by atoms with E-state index in [0.29, 0.717) is 0 Å². The van der Waals surface area contributed by atoms with Gasteiger partial charge in [-0.2, -0.15) is 36.4 Å². The van der Waals surface area contributed by atoms with Gasteiger partial charge < -0.3 is 4.57 Å². The zero-order valence-electron chi connectivity index (χ0n) is 13.9. The van der Waals surface area contributed by atoms with E-state index >= 15 is 0 Å². The summed E-state index contributed by atoms with van der Waals surface area (Å²) in [5, 5.41) is 2.50. The second kappa shape index (κ2) is 6.91. The third-order valence-corrected chi connectivity index (χ3v) is 4.62. The van der Waals surface area contributed by atoms with Crippen molar-refractivity contribution in [2.45, 2.75) is 0 Å². The molecule has 1 radical (unpaired) electrons. The van der Waals surface area contributed by atoms with Gasteiger partial charge in [-0.25, -0.2) is 11.1 Å². The number of benzene rings is 4. The van der Waals surface area contributed by atoms with Gasteiger partial charge in [0.2, 0.25) is 0 Å². The van der Waals surface area contributed by atoms with Gasteiger partial charge in [0, 0.05) is 31.3 Å². The Bertz CT molecular complexity index is 1170. The summed E-state index contributed by atoms with van der Waals surface area (Å²) in [5.41, 5.74) is 5.70. The molecule has 26 heavy (non-hydrogen) atoms. The van der Waals surface area contributed by atoms with Gasteiger partial charge in [0.15, 0.2) is 0 Å². The number of aromatic nitrogens is 1. The van der Waals surface area contributed by atoms with E-state index in [2.05, 4.69) is 83.4 Å². The number of para-hydroxylation sites is 2. The number of fused-ring (bicyclic) bond motifs is 3. The summed E-state index contributed by atoms with van der Waals surface area (Å²) in [6, 6.07) is 38.2. The van der Waals surface area contributed by atoms with Gasteiger partial charge in [0.05, 0.1) is 0 Å². The van der Waals surface area contributed by atoms with Gasteiger partial charge in [0.1, 0.15) is 0 Å². The van der Waals surface area contributed by atoms with Crippen LogP contribution >= 0.6 is 0 Å². The Kier molecular flexibility index (Phi) is 4.46. The fourth-order valence-corrected chi connectivity index (χ4v) is 3.48. The zero-order valence-corrected chi connectivity index (χ0v) is 16.3. The van der Waals surface area contributed by atoms with Gasteiger partial charge in [-0.1, -0.05) is 41.8 Å². The fourth-order valence-electron chi connectivity index (χ4n) is 3.48. The summed E-state index contributed by atoms with van der Waals surface area (Å²) in [5.74, 6) is 0. The van der Waals surface area contributed by atoms with E-state index in [4.69, 9.17) is 0 Å². The SMILES string of the molecule is [Ir].[c-]1ccccc1-c1[c-]cc2c(c1)c1ccccc1n2-c1ccccc1. The topological polar surface area (TPSA) is 4.93 Å². The van der Waals surface area contributed by atoms with Crippen LogP contribution in [-0.2, 0) is 20.1 Å². The van der Waals surface area contributed by atoms with E-state index in [9.17, 15) is 0 Å². The monoisotopic (exact) mass is 510 g/mol. The standard InChI is InChI=1S/C24H15N.Ir/c1-3-9-18(10-4-1)19-15-16-24-22(17-19)21-13-7-8-14-23(21)25(24)20-11-5-2-6-12-20;/h1-9,11-14,16-17H;/q-2;. The molecule has 0 aliphatic heterocycles. The molecule has 0 unspecified atom stereocenters. The molecule has 0 fully saturated rings. The molecule has 0 aliphatic carbocycles. The third-order valence-electron chi connectivity index (χ3n) is 4.62. The van der Waals surface area contributed by atoms with Crippen LogP contribution in [0.1, 0.15) is 0 Å². The molecule has 0 N–H and O–H groups in total. The van der Waals surface area contributed by atoms with Gasteiger partial charge in [0.25, 0.3) is 0 Å². The quantitative estimate of drug-likeness (QED) is 0.256. The molecule has 5 aromatic rings. The Morgan fingerprint density at radius 2 is 1.38 bits per heavy atom. The van der Waals surface area contributed by atoms with Crippen LogP contribution in [-0.4, -0.2) is 4.57 Å². The maximum absolute atomic E-state index is 3.45. The van der Waals surface area contributed by atoms with Gasteiger partial charge in [-0.05, 0) is 29.1 Å². The van der Waals surface area contributed by atoms with Crippen molar-refractivity contribution in [3.05, 3.63) is 103 Å². The molecule has 2 heteroatoms. The second-order valence-electron chi connectivity index (χ2n) is 6.11. The number of nitrogens with zero attached hydrogens (tertiary/aromatic N) is 1. The maximum Gasteiger partial charge on any atom is 0.0435 e. The summed E-state index contributed by atoms with van der Waals surface area (Å²) in [6.07, 6.45) is 0. The van der Waals surface area contributed by atoms with Crippen molar-refractivity contribution in [1.82, 2.24) is 4.57 Å². The molecular formula is C24H15IrN-2. The number of hydrogen-bond acceptors (Lipinski definition) is 0.